The van der Waals surface area contributed by atoms with Crippen molar-refractivity contribution in [3.8, 4) is 11.1 Å². The Balaban J connectivity index is 1.61. The Morgan fingerprint density at radius 3 is 2.08 bits per heavy atom. The van der Waals surface area contributed by atoms with Crippen LogP contribution in [0.3, 0.4) is 0 Å². The number of aromatic nitrogens is 1. The highest BCUT2D eigenvalue weighted by atomic mass is 16.1. The topological polar surface area (TPSA) is 36.2 Å². The van der Waals surface area contributed by atoms with E-state index in [4.69, 9.17) is 0 Å². The van der Waals surface area contributed by atoms with E-state index in [9.17, 15) is 4.79 Å². The largest absolute Gasteiger partial charge is 0.377 e. The third-order valence-electron chi connectivity index (χ3n) is 3.99. The van der Waals surface area contributed by atoms with Gasteiger partial charge in [0.1, 0.15) is 0 Å². The molecule has 0 atom stereocenters. The van der Waals surface area contributed by atoms with Gasteiger partial charge in [-0.25, -0.2) is 0 Å². The number of pyridine rings is 1. The minimum atomic E-state index is -0.0462. The van der Waals surface area contributed by atoms with Crippen LogP contribution in [0.25, 0.3) is 11.1 Å². The van der Waals surface area contributed by atoms with Crippen LogP contribution in [0.4, 0.5) is 11.4 Å². The van der Waals surface area contributed by atoms with E-state index in [0.717, 1.165) is 22.5 Å². The van der Waals surface area contributed by atoms with E-state index in [0.29, 0.717) is 0 Å². The molecule has 0 aliphatic rings. The van der Waals surface area contributed by atoms with Gasteiger partial charge in [0.2, 0.25) is 6.54 Å². The summed E-state index contributed by atoms with van der Waals surface area (Å²) in [6.45, 7) is 0.286. The van der Waals surface area contributed by atoms with Crippen LogP contribution in [0.15, 0.2) is 79.1 Å². The fourth-order valence-corrected chi connectivity index (χ4v) is 2.60. The minimum absolute atomic E-state index is 0.0462. The molecule has 0 spiro atoms. The van der Waals surface area contributed by atoms with Gasteiger partial charge >= 0.3 is 0 Å². The second-order valence-corrected chi connectivity index (χ2v) is 6.11. The Labute approximate surface area is 148 Å². The first kappa shape index (κ1) is 16.7. The molecule has 1 heterocycles. The fourth-order valence-electron chi connectivity index (χ4n) is 2.60. The quantitative estimate of drug-likeness (QED) is 0.728. The zero-order valence-corrected chi connectivity index (χ0v) is 14.5. The molecule has 2 aromatic carbocycles. The standard InChI is InChI=1S/C21H21N3O/c1-23(2)20-12-14-24(15-13-20)16-21(25)22-19-10-8-18(9-11-19)17-6-4-3-5-7-17/h3-15H,16H2,1-2H3/p+1. The number of rotatable bonds is 5. The molecule has 0 aliphatic carbocycles. The van der Waals surface area contributed by atoms with Gasteiger partial charge in [-0.05, 0) is 23.3 Å². The summed E-state index contributed by atoms with van der Waals surface area (Å²) in [5, 5.41) is 2.94. The number of hydrogen-bond donors (Lipinski definition) is 1. The summed E-state index contributed by atoms with van der Waals surface area (Å²) >= 11 is 0. The summed E-state index contributed by atoms with van der Waals surface area (Å²) in [5.41, 5.74) is 4.20. The Kier molecular flexibility index (Phi) is 5.09. The predicted molar refractivity (Wildman–Crippen MR) is 101 cm³/mol. The molecule has 0 radical (unpaired) electrons. The molecule has 3 aromatic rings. The number of nitrogens with one attached hydrogen (secondary N) is 1. The van der Waals surface area contributed by atoms with E-state index in [1.165, 1.54) is 0 Å². The van der Waals surface area contributed by atoms with Crippen molar-refractivity contribution in [2.75, 3.05) is 24.3 Å². The van der Waals surface area contributed by atoms with Gasteiger partial charge in [-0.2, -0.15) is 4.57 Å². The van der Waals surface area contributed by atoms with Gasteiger partial charge in [-0.15, -0.1) is 0 Å². The monoisotopic (exact) mass is 332 g/mol. The van der Waals surface area contributed by atoms with E-state index in [2.05, 4.69) is 17.4 Å². The summed E-state index contributed by atoms with van der Waals surface area (Å²) in [7, 11) is 3.98. The number of carbonyl (C=O) groups is 1. The van der Waals surface area contributed by atoms with Crippen LogP contribution in [0.1, 0.15) is 0 Å². The molecule has 0 bridgehead atoms. The molecule has 4 heteroatoms. The van der Waals surface area contributed by atoms with Gasteiger partial charge in [-0.1, -0.05) is 42.5 Å². The summed E-state index contributed by atoms with van der Waals surface area (Å²) in [5.74, 6) is -0.0462. The Morgan fingerprint density at radius 1 is 0.880 bits per heavy atom. The van der Waals surface area contributed by atoms with Crippen molar-refractivity contribution in [3.63, 3.8) is 0 Å². The summed E-state index contributed by atoms with van der Waals surface area (Å²) in [6.07, 6.45) is 3.82. The van der Waals surface area contributed by atoms with Crippen LogP contribution in [-0.4, -0.2) is 20.0 Å². The first-order chi connectivity index (χ1) is 12.1. The van der Waals surface area contributed by atoms with Crippen LogP contribution in [0.2, 0.25) is 0 Å². The van der Waals surface area contributed by atoms with Crippen molar-refractivity contribution in [1.29, 1.82) is 0 Å². The lowest BCUT2D eigenvalue weighted by Gasteiger charge is -2.10. The highest BCUT2D eigenvalue weighted by Gasteiger charge is 2.10. The second-order valence-electron chi connectivity index (χ2n) is 6.11. The number of hydrogen-bond acceptors (Lipinski definition) is 2. The van der Waals surface area contributed by atoms with Gasteiger partial charge in [-0.3, -0.25) is 4.79 Å². The molecule has 25 heavy (non-hydrogen) atoms. The number of carbonyl (C=O) groups excluding carboxylic acids is 1. The highest BCUT2D eigenvalue weighted by Crippen LogP contribution is 2.20. The first-order valence-electron chi connectivity index (χ1n) is 8.23. The molecular formula is C21H22N3O+. The SMILES string of the molecule is CN(C)c1cc[n+](CC(=O)Nc2ccc(-c3ccccc3)cc2)cc1. The Bertz CT molecular complexity index is 825. The van der Waals surface area contributed by atoms with Gasteiger partial charge in [0, 0.05) is 37.6 Å². The fraction of sp³-hybridized carbons (Fsp3) is 0.143. The average molecular weight is 332 g/mol. The van der Waals surface area contributed by atoms with E-state index >= 15 is 0 Å². The summed E-state index contributed by atoms with van der Waals surface area (Å²) in [6, 6.07) is 22.1. The van der Waals surface area contributed by atoms with Crippen LogP contribution < -0.4 is 14.8 Å². The van der Waals surface area contributed by atoms with Crippen LogP contribution in [0.5, 0.6) is 0 Å². The van der Waals surface area contributed by atoms with Gasteiger partial charge < -0.3 is 10.2 Å². The number of amides is 1. The third kappa shape index (κ3) is 4.44. The molecule has 0 saturated heterocycles. The predicted octanol–water partition coefficient (Wildman–Crippen LogP) is 3.35. The highest BCUT2D eigenvalue weighted by molar-refractivity contribution is 5.90. The molecule has 1 aromatic heterocycles. The molecule has 1 N–H and O–H groups in total. The first-order valence-corrected chi connectivity index (χ1v) is 8.23. The smallest absolute Gasteiger partial charge is 0.290 e. The molecule has 0 fully saturated rings. The van der Waals surface area contributed by atoms with E-state index < -0.39 is 0 Å². The zero-order chi connectivity index (χ0) is 17.6. The Hall–Kier alpha value is -3.14. The third-order valence-corrected chi connectivity index (χ3v) is 3.99. The second kappa shape index (κ2) is 7.62. The number of anilines is 2. The number of benzene rings is 2. The van der Waals surface area contributed by atoms with Crippen LogP contribution in [0, 0.1) is 0 Å². The van der Waals surface area contributed by atoms with Crippen LogP contribution >= 0.6 is 0 Å². The van der Waals surface area contributed by atoms with Crippen molar-refractivity contribution in [3.05, 3.63) is 79.1 Å². The van der Waals surface area contributed by atoms with Gasteiger partial charge in [0.25, 0.3) is 5.91 Å². The van der Waals surface area contributed by atoms with Gasteiger partial charge in [0.05, 0.1) is 0 Å². The van der Waals surface area contributed by atoms with Crippen molar-refractivity contribution in [1.82, 2.24) is 0 Å². The molecule has 0 saturated carbocycles. The van der Waals surface area contributed by atoms with Crippen molar-refractivity contribution in [2.45, 2.75) is 6.54 Å². The lowest BCUT2D eigenvalue weighted by molar-refractivity contribution is -0.684. The van der Waals surface area contributed by atoms with Crippen molar-refractivity contribution < 1.29 is 9.36 Å². The summed E-state index contributed by atoms with van der Waals surface area (Å²) < 4.78 is 1.86. The molecule has 0 unspecified atom stereocenters. The summed E-state index contributed by atoms with van der Waals surface area (Å²) in [4.78, 5) is 14.2. The molecule has 4 nitrogen and oxygen atoms in total. The van der Waals surface area contributed by atoms with E-state index in [1.807, 2.05) is 90.6 Å². The zero-order valence-electron chi connectivity index (χ0n) is 14.5. The maximum absolute atomic E-state index is 12.2. The minimum Gasteiger partial charge on any atom is -0.377 e. The molecule has 0 aliphatic heterocycles. The van der Waals surface area contributed by atoms with Gasteiger partial charge in [0.15, 0.2) is 12.4 Å². The molecular weight excluding hydrogens is 310 g/mol. The van der Waals surface area contributed by atoms with Crippen LogP contribution in [-0.2, 0) is 11.3 Å². The average Bonchev–Trinajstić information content (AvgIpc) is 2.63. The van der Waals surface area contributed by atoms with Crippen molar-refractivity contribution in [2.24, 2.45) is 0 Å². The maximum atomic E-state index is 12.2. The van der Waals surface area contributed by atoms with E-state index in [-0.39, 0.29) is 12.5 Å². The number of nitrogens with zero attached hydrogens (tertiary/aromatic N) is 2. The lowest BCUT2D eigenvalue weighted by Crippen LogP contribution is -2.39. The van der Waals surface area contributed by atoms with E-state index in [1.54, 1.807) is 0 Å². The Morgan fingerprint density at radius 2 is 1.48 bits per heavy atom. The molecule has 126 valence electrons. The molecule has 3 rings (SSSR count). The lowest BCUT2D eigenvalue weighted by atomic mass is 10.1. The maximum Gasteiger partial charge on any atom is 0.290 e. The normalized spacial score (nSPS) is 10.3. The molecule has 1 amide bonds. The van der Waals surface area contributed by atoms with Crippen molar-refractivity contribution >= 4 is 17.3 Å².